The zero-order valence-electron chi connectivity index (χ0n) is 12.3. The highest BCUT2D eigenvalue weighted by atomic mass is 32.2. The number of hydrogen-bond donors (Lipinski definition) is 2. The Balaban J connectivity index is 2.95. The third-order valence-corrected chi connectivity index (χ3v) is 4.87. The molecule has 0 aromatic carbocycles. The molecule has 20 heavy (non-hydrogen) atoms. The largest absolute Gasteiger partial charge is 0.354 e. The number of carbonyl (C=O) groups excluding carboxylic acids is 1. The van der Waals surface area contributed by atoms with Crippen molar-refractivity contribution in [2.24, 2.45) is 7.05 Å². The fourth-order valence-corrected chi connectivity index (χ4v) is 3.09. The van der Waals surface area contributed by atoms with Crippen molar-refractivity contribution >= 4 is 15.9 Å². The van der Waals surface area contributed by atoms with Gasteiger partial charge in [-0.3, -0.25) is 4.79 Å². The Bertz CT molecular complexity index is 565. The Morgan fingerprint density at radius 1 is 1.40 bits per heavy atom. The van der Waals surface area contributed by atoms with Gasteiger partial charge in [0.15, 0.2) is 0 Å². The molecule has 0 aliphatic heterocycles. The fourth-order valence-electron chi connectivity index (χ4n) is 1.81. The van der Waals surface area contributed by atoms with Crippen molar-refractivity contribution < 1.29 is 13.2 Å². The zero-order valence-corrected chi connectivity index (χ0v) is 13.1. The van der Waals surface area contributed by atoms with Crippen molar-refractivity contribution in [2.75, 3.05) is 34.2 Å². The number of amides is 1. The van der Waals surface area contributed by atoms with Crippen molar-refractivity contribution in [1.29, 1.82) is 0 Å². The Morgan fingerprint density at radius 2 is 2.05 bits per heavy atom. The van der Waals surface area contributed by atoms with Gasteiger partial charge in [0, 0.05) is 33.9 Å². The highest BCUT2D eigenvalue weighted by Gasteiger charge is 2.24. The summed E-state index contributed by atoms with van der Waals surface area (Å²) < 4.78 is 27.5. The molecule has 0 aliphatic carbocycles. The minimum Gasteiger partial charge on any atom is -0.354 e. The first-order valence-corrected chi connectivity index (χ1v) is 7.78. The van der Waals surface area contributed by atoms with Crippen LogP contribution in [0.15, 0.2) is 17.2 Å². The Labute approximate surface area is 120 Å². The highest BCUT2D eigenvalue weighted by molar-refractivity contribution is 7.89. The molecule has 1 amide bonds. The van der Waals surface area contributed by atoms with E-state index >= 15 is 0 Å². The van der Waals surface area contributed by atoms with E-state index in [1.54, 1.807) is 7.05 Å². The number of aryl methyl sites for hydroxylation is 1. The number of nitrogens with zero attached hydrogens (tertiary/aromatic N) is 2. The maximum absolute atomic E-state index is 12.4. The maximum atomic E-state index is 12.4. The van der Waals surface area contributed by atoms with Crippen LogP contribution >= 0.6 is 0 Å². The molecular formula is C12H22N4O3S. The van der Waals surface area contributed by atoms with Crippen molar-refractivity contribution in [3.63, 3.8) is 0 Å². The number of nitrogens with one attached hydrogen (secondary N) is 2. The van der Waals surface area contributed by atoms with Crippen molar-refractivity contribution in [3.8, 4) is 0 Å². The molecule has 0 saturated carbocycles. The summed E-state index contributed by atoms with van der Waals surface area (Å²) in [5, 5.41) is 5.45. The second-order valence-electron chi connectivity index (χ2n) is 4.53. The summed E-state index contributed by atoms with van der Waals surface area (Å²) >= 11 is 0. The Hall–Kier alpha value is -1.38. The van der Waals surface area contributed by atoms with Gasteiger partial charge in [0.05, 0.1) is 0 Å². The standard InChI is InChI=1S/C12H22N4O3S/c1-13-6-5-7-16(4)20(18,19)10-8-11(12(17)14-2)15(3)9-10/h8-9,13H,5-7H2,1-4H3,(H,14,17). The second kappa shape index (κ2) is 6.87. The van der Waals surface area contributed by atoms with Crippen molar-refractivity contribution in [1.82, 2.24) is 19.5 Å². The first-order valence-electron chi connectivity index (χ1n) is 6.34. The van der Waals surface area contributed by atoms with Gasteiger partial charge < -0.3 is 15.2 Å². The SMILES string of the molecule is CNCCCN(C)S(=O)(=O)c1cc(C(=O)NC)n(C)c1. The van der Waals surface area contributed by atoms with Crippen molar-refractivity contribution in [3.05, 3.63) is 18.0 Å². The summed E-state index contributed by atoms with van der Waals surface area (Å²) in [5.41, 5.74) is 0.315. The van der Waals surface area contributed by atoms with Crippen LogP contribution in [-0.4, -0.2) is 57.4 Å². The van der Waals surface area contributed by atoms with E-state index in [4.69, 9.17) is 0 Å². The van der Waals surface area contributed by atoms with Crippen LogP contribution in [0, 0.1) is 0 Å². The van der Waals surface area contributed by atoms with E-state index in [1.165, 1.54) is 35.2 Å². The predicted molar refractivity (Wildman–Crippen MR) is 77.2 cm³/mol. The number of hydrogen-bond acceptors (Lipinski definition) is 4. The molecule has 1 rings (SSSR count). The minimum absolute atomic E-state index is 0.130. The number of aromatic nitrogens is 1. The normalized spacial score (nSPS) is 11.8. The van der Waals surface area contributed by atoms with E-state index in [9.17, 15) is 13.2 Å². The van der Waals surface area contributed by atoms with Crippen LogP contribution in [0.25, 0.3) is 0 Å². The van der Waals surface area contributed by atoms with Gasteiger partial charge in [0.1, 0.15) is 10.6 Å². The summed E-state index contributed by atoms with van der Waals surface area (Å²) in [6.07, 6.45) is 2.18. The van der Waals surface area contributed by atoms with E-state index < -0.39 is 10.0 Å². The summed E-state index contributed by atoms with van der Waals surface area (Å²) in [5.74, 6) is -0.313. The average Bonchev–Trinajstić information content (AvgIpc) is 2.80. The van der Waals surface area contributed by atoms with Gasteiger partial charge in [0.25, 0.3) is 5.91 Å². The molecular weight excluding hydrogens is 280 g/mol. The molecule has 0 saturated heterocycles. The molecule has 0 unspecified atom stereocenters. The van der Waals surface area contributed by atoms with Crippen LogP contribution in [0.2, 0.25) is 0 Å². The molecule has 0 bridgehead atoms. The average molecular weight is 302 g/mol. The molecule has 8 heteroatoms. The van der Waals surface area contributed by atoms with E-state index in [0.717, 1.165) is 13.0 Å². The molecule has 0 atom stereocenters. The van der Waals surface area contributed by atoms with Gasteiger partial charge in [-0.1, -0.05) is 0 Å². The lowest BCUT2D eigenvalue weighted by atomic mass is 10.4. The minimum atomic E-state index is -3.56. The van der Waals surface area contributed by atoms with Gasteiger partial charge in [-0.25, -0.2) is 12.7 Å². The molecule has 2 N–H and O–H groups in total. The van der Waals surface area contributed by atoms with Gasteiger partial charge in [-0.2, -0.15) is 0 Å². The molecule has 0 aliphatic rings. The maximum Gasteiger partial charge on any atom is 0.267 e. The van der Waals surface area contributed by atoms with Crippen LogP contribution in [0.1, 0.15) is 16.9 Å². The molecule has 0 radical (unpaired) electrons. The predicted octanol–water partition coefficient (Wildman–Crippen LogP) is -0.385. The number of carbonyl (C=O) groups is 1. The summed E-state index contributed by atoms with van der Waals surface area (Å²) in [7, 11) is 2.95. The monoisotopic (exact) mass is 302 g/mol. The van der Waals surface area contributed by atoms with Gasteiger partial charge >= 0.3 is 0 Å². The molecule has 1 aromatic rings. The van der Waals surface area contributed by atoms with Crippen molar-refractivity contribution in [2.45, 2.75) is 11.3 Å². The summed E-state index contributed by atoms with van der Waals surface area (Å²) in [4.78, 5) is 11.7. The first-order chi connectivity index (χ1) is 9.34. The quantitative estimate of drug-likeness (QED) is 0.672. The van der Waals surface area contributed by atoms with Gasteiger partial charge in [-0.15, -0.1) is 0 Å². The lowest BCUT2D eigenvalue weighted by Crippen LogP contribution is -2.29. The fraction of sp³-hybridized carbons (Fsp3) is 0.583. The molecule has 1 aromatic heterocycles. The zero-order chi connectivity index (χ0) is 15.3. The summed E-state index contributed by atoms with van der Waals surface area (Å²) in [6.45, 7) is 1.17. The number of sulfonamides is 1. The van der Waals surface area contributed by atoms with E-state index in [1.807, 2.05) is 7.05 Å². The second-order valence-corrected chi connectivity index (χ2v) is 6.58. The number of rotatable bonds is 7. The molecule has 7 nitrogen and oxygen atoms in total. The van der Waals surface area contributed by atoms with Crippen LogP contribution in [0.4, 0.5) is 0 Å². The molecule has 0 spiro atoms. The summed E-state index contributed by atoms with van der Waals surface area (Å²) in [6, 6.07) is 1.39. The van der Waals surface area contributed by atoms with Gasteiger partial charge in [-0.05, 0) is 26.1 Å². The third kappa shape index (κ3) is 3.59. The Morgan fingerprint density at radius 3 is 2.60 bits per heavy atom. The highest BCUT2D eigenvalue weighted by Crippen LogP contribution is 2.17. The van der Waals surface area contributed by atoms with E-state index in [0.29, 0.717) is 12.2 Å². The molecule has 0 fully saturated rings. The Kier molecular flexibility index (Phi) is 5.73. The van der Waals surface area contributed by atoms with Gasteiger partial charge in [0.2, 0.25) is 10.0 Å². The smallest absolute Gasteiger partial charge is 0.267 e. The van der Waals surface area contributed by atoms with E-state index in [2.05, 4.69) is 10.6 Å². The first kappa shape index (κ1) is 16.7. The molecule has 114 valence electrons. The van der Waals surface area contributed by atoms with Crippen LogP contribution in [-0.2, 0) is 17.1 Å². The topological polar surface area (TPSA) is 83.4 Å². The third-order valence-electron chi connectivity index (χ3n) is 3.05. The van der Waals surface area contributed by atoms with Crippen LogP contribution in [0.5, 0.6) is 0 Å². The molecule has 1 heterocycles. The van der Waals surface area contributed by atoms with Crippen LogP contribution in [0.3, 0.4) is 0 Å². The lowest BCUT2D eigenvalue weighted by molar-refractivity contribution is 0.0955. The lowest BCUT2D eigenvalue weighted by Gasteiger charge is -2.15. The van der Waals surface area contributed by atoms with E-state index in [-0.39, 0.29) is 10.8 Å². The van der Waals surface area contributed by atoms with Crippen LogP contribution < -0.4 is 10.6 Å².